The van der Waals surface area contributed by atoms with Crippen LogP contribution in [0, 0.1) is 0 Å². The smallest absolute Gasteiger partial charge is 0.177 e. The molecule has 0 fully saturated rings. The van der Waals surface area contributed by atoms with E-state index in [1.165, 1.54) is 0 Å². The highest BCUT2D eigenvalue weighted by Crippen LogP contribution is 2.17. The van der Waals surface area contributed by atoms with E-state index in [0.29, 0.717) is 11.7 Å². The Morgan fingerprint density at radius 3 is 2.69 bits per heavy atom. The van der Waals surface area contributed by atoms with Gasteiger partial charge < -0.3 is 10.2 Å². The third-order valence-corrected chi connectivity index (χ3v) is 2.80. The molecule has 82 valence electrons. The predicted octanol–water partition coefficient (Wildman–Crippen LogP) is 1.85. The van der Waals surface area contributed by atoms with Crippen LogP contribution in [-0.2, 0) is 4.79 Å². The summed E-state index contributed by atoms with van der Waals surface area (Å²) >= 11 is 5.21. The average molecular weight is 232 g/mol. The Bertz CT molecular complexity index is 453. The average Bonchev–Trinajstić information content (AvgIpc) is 2.30. The second-order valence-corrected chi connectivity index (χ2v) is 3.98. The van der Waals surface area contributed by atoms with Gasteiger partial charge in [0.05, 0.1) is 6.54 Å². The SMILES string of the molecule is CC(=O)C1=CNC(=S)N(c2ccccc2)C1. The number of Topliss-reactive ketones (excluding diaryl/α,β-unsaturated/α-hetero) is 1. The quantitative estimate of drug-likeness (QED) is 0.789. The molecule has 0 saturated heterocycles. The second-order valence-electron chi connectivity index (χ2n) is 3.60. The highest BCUT2D eigenvalue weighted by atomic mass is 32.1. The molecule has 0 saturated carbocycles. The number of anilines is 1. The van der Waals surface area contributed by atoms with Crippen molar-refractivity contribution in [3.63, 3.8) is 0 Å². The highest BCUT2D eigenvalue weighted by Gasteiger charge is 2.19. The zero-order valence-electron chi connectivity index (χ0n) is 8.93. The lowest BCUT2D eigenvalue weighted by molar-refractivity contribution is -0.113. The maximum atomic E-state index is 11.3. The molecule has 0 amide bonds. The molecule has 0 atom stereocenters. The van der Waals surface area contributed by atoms with Crippen molar-refractivity contribution in [3.05, 3.63) is 42.1 Å². The molecule has 1 aromatic carbocycles. The minimum atomic E-state index is 0.0657. The van der Waals surface area contributed by atoms with Crippen LogP contribution in [0.25, 0.3) is 0 Å². The lowest BCUT2D eigenvalue weighted by Gasteiger charge is -2.29. The van der Waals surface area contributed by atoms with E-state index in [9.17, 15) is 4.79 Å². The van der Waals surface area contributed by atoms with E-state index in [0.717, 1.165) is 11.3 Å². The van der Waals surface area contributed by atoms with Crippen molar-refractivity contribution in [3.8, 4) is 0 Å². The Morgan fingerprint density at radius 2 is 2.06 bits per heavy atom. The summed E-state index contributed by atoms with van der Waals surface area (Å²) < 4.78 is 0. The number of thiocarbonyl (C=S) groups is 1. The maximum Gasteiger partial charge on any atom is 0.177 e. The van der Waals surface area contributed by atoms with Crippen LogP contribution in [0.1, 0.15) is 6.92 Å². The van der Waals surface area contributed by atoms with Gasteiger partial charge >= 0.3 is 0 Å². The molecular weight excluding hydrogens is 220 g/mol. The summed E-state index contributed by atoms with van der Waals surface area (Å²) in [5, 5.41) is 3.56. The number of benzene rings is 1. The molecule has 4 heteroatoms. The number of nitrogens with one attached hydrogen (secondary N) is 1. The Morgan fingerprint density at radius 1 is 1.38 bits per heavy atom. The van der Waals surface area contributed by atoms with E-state index in [2.05, 4.69) is 5.32 Å². The standard InChI is InChI=1S/C12H12N2OS/c1-9(15)10-7-13-12(16)14(8-10)11-5-3-2-4-6-11/h2-7H,8H2,1H3,(H,13,16). The lowest BCUT2D eigenvalue weighted by Crippen LogP contribution is -2.43. The van der Waals surface area contributed by atoms with Crippen LogP contribution >= 0.6 is 12.2 Å². The number of carbonyl (C=O) groups excluding carboxylic acids is 1. The Kier molecular flexibility index (Phi) is 3.01. The van der Waals surface area contributed by atoms with Gasteiger partial charge in [-0.3, -0.25) is 4.79 Å². The molecule has 1 aromatic rings. The number of para-hydroxylation sites is 1. The first-order valence-corrected chi connectivity index (χ1v) is 5.42. The molecule has 0 spiro atoms. The predicted molar refractivity (Wildman–Crippen MR) is 68.3 cm³/mol. The van der Waals surface area contributed by atoms with E-state index in [1.807, 2.05) is 35.2 Å². The van der Waals surface area contributed by atoms with Crippen LogP contribution in [-0.4, -0.2) is 17.4 Å². The summed E-state index contributed by atoms with van der Waals surface area (Å²) in [5.41, 5.74) is 1.73. The number of nitrogens with zero attached hydrogens (tertiary/aromatic N) is 1. The monoisotopic (exact) mass is 232 g/mol. The number of carbonyl (C=O) groups is 1. The summed E-state index contributed by atoms with van der Waals surface area (Å²) in [6.45, 7) is 2.09. The van der Waals surface area contributed by atoms with Crippen molar-refractivity contribution in [2.75, 3.05) is 11.4 Å². The minimum Gasteiger partial charge on any atom is -0.338 e. The van der Waals surface area contributed by atoms with E-state index in [-0.39, 0.29) is 5.78 Å². The van der Waals surface area contributed by atoms with Gasteiger partial charge in [-0.15, -0.1) is 0 Å². The molecule has 1 heterocycles. The molecule has 1 N–H and O–H groups in total. The van der Waals surface area contributed by atoms with Crippen molar-refractivity contribution in [2.45, 2.75) is 6.92 Å². The molecule has 1 aliphatic heterocycles. The molecule has 0 unspecified atom stereocenters. The van der Waals surface area contributed by atoms with E-state index in [1.54, 1.807) is 13.1 Å². The lowest BCUT2D eigenvalue weighted by atomic mass is 10.1. The first-order chi connectivity index (χ1) is 7.68. The van der Waals surface area contributed by atoms with E-state index < -0.39 is 0 Å². The third kappa shape index (κ3) is 2.12. The molecule has 0 radical (unpaired) electrons. The molecule has 0 aliphatic carbocycles. The summed E-state index contributed by atoms with van der Waals surface area (Å²) in [6.07, 6.45) is 1.68. The number of hydrogen-bond acceptors (Lipinski definition) is 2. The van der Waals surface area contributed by atoms with Crippen molar-refractivity contribution < 1.29 is 4.79 Å². The molecule has 16 heavy (non-hydrogen) atoms. The van der Waals surface area contributed by atoms with Gasteiger partial charge in [0.2, 0.25) is 0 Å². The fourth-order valence-corrected chi connectivity index (χ4v) is 1.77. The topological polar surface area (TPSA) is 32.3 Å². The molecule has 0 bridgehead atoms. The van der Waals surface area contributed by atoms with E-state index >= 15 is 0 Å². The summed E-state index contributed by atoms with van der Waals surface area (Å²) in [5.74, 6) is 0.0657. The Hall–Kier alpha value is -1.68. The van der Waals surface area contributed by atoms with Crippen molar-refractivity contribution in [2.24, 2.45) is 0 Å². The molecule has 3 nitrogen and oxygen atoms in total. The van der Waals surface area contributed by atoms with Crippen LogP contribution in [0.5, 0.6) is 0 Å². The van der Waals surface area contributed by atoms with Gasteiger partial charge in [0.25, 0.3) is 0 Å². The fraction of sp³-hybridized carbons (Fsp3) is 0.167. The number of rotatable bonds is 2. The molecular formula is C12H12N2OS. The fourth-order valence-electron chi connectivity index (χ4n) is 1.54. The van der Waals surface area contributed by atoms with Crippen LogP contribution in [0.15, 0.2) is 42.1 Å². The van der Waals surface area contributed by atoms with Crippen LogP contribution in [0.3, 0.4) is 0 Å². The van der Waals surface area contributed by atoms with Crippen molar-refractivity contribution >= 4 is 28.8 Å². The first-order valence-electron chi connectivity index (χ1n) is 5.01. The molecule has 0 aromatic heterocycles. The largest absolute Gasteiger partial charge is 0.338 e. The van der Waals surface area contributed by atoms with Gasteiger partial charge in [-0.1, -0.05) is 18.2 Å². The Balaban J connectivity index is 2.27. The van der Waals surface area contributed by atoms with Gasteiger partial charge in [0.1, 0.15) is 0 Å². The maximum absolute atomic E-state index is 11.3. The van der Waals surface area contributed by atoms with Gasteiger partial charge in [-0.05, 0) is 31.3 Å². The number of ketones is 1. The van der Waals surface area contributed by atoms with Crippen LogP contribution in [0.2, 0.25) is 0 Å². The van der Waals surface area contributed by atoms with Crippen LogP contribution in [0.4, 0.5) is 5.69 Å². The zero-order chi connectivity index (χ0) is 11.5. The normalized spacial score (nSPS) is 15.4. The van der Waals surface area contributed by atoms with Gasteiger partial charge in [-0.2, -0.15) is 0 Å². The first kappa shape index (κ1) is 10.8. The van der Waals surface area contributed by atoms with Gasteiger partial charge in [-0.25, -0.2) is 0 Å². The summed E-state index contributed by atoms with van der Waals surface area (Å²) in [7, 11) is 0. The van der Waals surface area contributed by atoms with E-state index in [4.69, 9.17) is 12.2 Å². The Labute approximate surface area is 99.8 Å². The summed E-state index contributed by atoms with van der Waals surface area (Å²) in [6, 6.07) is 9.78. The van der Waals surface area contributed by atoms with Gasteiger partial charge in [0, 0.05) is 17.5 Å². The third-order valence-electron chi connectivity index (χ3n) is 2.46. The summed E-state index contributed by atoms with van der Waals surface area (Å²) in [4.78, 5) is 13.2. The van der Waals surface area contributed by atoms with Crippen molar-refractivity contribution in [1.82, 2.24) is 5.32 Å². The second kappa shape index (κ2) is 4.45. The molecule has 2 rings (SSSR count). The van der Waals surface area contributed by atoms with Gasteiger partial charge in [0.15, 0.2) is 10.9 Å². The number of hydrogen-bond donors (Lipinski definition) is 1. The van der Waals surface area contributed by atoms with Crippen LogP contribution < -0.4 is 10.2 Å². The highest BCUT2D eigenvalue weighted by molar-refractivity contribution is 7.80. The van der Waals surface area contributed by atoms with Crippen molar-refractivity contribution in [1.29, 1.82) is 0 Å². The zero-order valence-corrected chi connectivity index (χ0v) is 9.75. The molecule has 1 aliphatic rings. The minimum absolute atomic E-state index is 0.0657.